The summed E-state index contributed by atoms with van der Waals surface area (Å²) in [5.41, 5.74) is 1.21. The number of aromatic nitrogens is 1. The molecule has 0 unspecified atom stereocenters. The number of benzene rings is 2. The summed E-state index contributed by atoms with van der Waals surface area (Å²) in [5.74, 6) is -1.95. The summed E-state index contributed by atoms with van der Waals surface area (Å²) in [5, 5.41) is 3.61. The largest absolute Gasteiger partial charge is 0.471 e. The van der Waals surface area contributed by atoms with Gasteiger partial charge in [0, 0.05) is 30.3 Å². The zero-order valence-corrected chi connectivity index (χ0v) is 21.9. The van der Waals surface area contributed by atoms with Crippen molar-refractivity contribution in [1.29, 1.82) is 0 Å². The Morgan fingerprint density at radius 1 is 1.07 bits per heavy atom. The fourth-order valence-electron chi connectivity index (χ4n) is 5.10. The average Bonchev–Trinajstić information content (AvgIpc) is 3.66. The number of cyclic esters (lactones) is 1. The van der Waals surface area contributed by atoms with E-state index < -0.39 is 36.0 Å². The second-order valence-corrected chi connectivity index (χ2v) is 9.92. The molecule has 12 heteroatoms. The highest BCUT2D eigenvalue weighted by Crippen LogP contribution is 2.33. The molecule has 0 spiro atoms. The summed E-state index contributed by atoms with van der Waals surface area (Å²) >= 11 is 0. The van der Waals surface area contributed by atoms with Crippen LogP contribution in [-0.2, 0) is 19.0 Å². The van der Waals surface area contributed by atoms with Gasteiger partial charge >= 0.3 is 6.09 Å². The van der Waals surface area contributed by atoms with Gasteiger partial charge in [0.15, 0.2) is 12.4 Å². The number of ether oxygens (including phenoxy) is 4. The minimum absolute atomic E-state index is 0.00659. The maximum Gasteiger partial charge on any atom is 0.414 e. The van der Waals surface area contributed by atoms with E-state index in [9.17, 15) is 9.59 Å². The molecule has 3 aliphatic rings. The molecule has 0 bridgehead atoms. The van der Waals surface area contributed by atoms with E-state index in [-0.39, 0.29) is 62.4 Å². The predicted octanol–water partition coefficient (Wildman–Crippen LogP) is 4.33. The summed E-state index contributed by atoms with van der Waals surface area (Å²) in [6.45, 7) is 1.02. The Morgan fingerprint density at radius 3 is 2.49 bits per heavy atom. The molecule has 0 N–H and O–H groups in total. The van der Waals surface area contributed by atoms with Crippen LogP contribution in [-0.4, -0.2) is 67.6 Å². The maximum atomic E-state index is 15.2. The molecule has 0 aliphatic carbocycles. The van der Waals surface area contributed by atoms with Crippen molar-refractivity contribution in [1.82, 2.24) is 10.1 Å². The van der Waals surface area contributed by atoms with Gasteiger partial charge in [-0.3, -0.25) is 9.69 Å². The van der Waals surface area contributed by atoms with E-state index >= 15 is 8.78 Å². The minimum atomic E-state index is -0.804. The monoisotopic (exact) mass is 567 g/mol. The van der Waals surface area contributed by atoms with Gasteiger partial charge in [-0.25, -0.2) is 13.6 Å². The minimum Gasteiger partial charge on any atom is -0.471 e. The predicted molar refractivity (Wildman–Crippen MR) is 140 cm³/mol. The van der Waals surface area contributed by atoms with E-state index in [2.05, 4.69) is 9.68 Å². The highest BCUT2D eigenvalue weighted by atomic mass is 19.1. The number of nitrogens with zero attached hydrogens (tertiary/aromatic N) is 3. The van der Waals surface area contributed by atoms with Crippen LogP contribution in [0.3, 0.4) is 0 Å². The Hall–Kier alpha value is -4.29. The molecule has 1 aromatic heterocycles. The molecule has 10 nitrogen and oxygen atoms in total. The average molecular weight is 568 g/mol. The Morgan fingerprint density at radius 2 is 1.83 bits per heavy atom. The molecule has 41 heavy (non-hydrogen) atoms. The smallest absolute Gasteiger partial charge is 0.414 e. The van der Waals surface area contributed by atoms with Crippen LogP contribution in [0.25, 0.3) is 5.57 Å². The molecule has 2 aromatic carbocycles. The molecule has 2 saturated heterocycles. The first-order valence-electron chi connectivity index (χ1n) is 13.2. The lowest BCUT2D eigenvalue weighted by Gasteiger charge is -2.34. The lowest BCUT2D eigenvalue weighted by molar-refractivity contribution is -0.208. The topological polar surface area (TPSA) is 104 Å². The van der Waals surface area contributed by atoms with Crippen LogP contribution in [0, 0.1) is 17.6 Å². The number of hydrogen-bond donors (Lipinski definition) is 0. The fourth-order valence-corrected chi connectivity index (χ4v) is 5.10. The van der Waals surface area contributed by atoms with Crippen molar-refractivity contribution in [3.05, 3.63) is 83.6 Å². The van der Waals surface area contributed by atoms with Crippen LogP contribution >= 0.6 is 0 Å². The second kappa shape index (κ2) is 11.7. The third-order valence-corrected chi connectivity index (χ3v) is 7.20. The standard InChI is InChI=1S/C29H27F2N3O7/c30-23-12-21(34-14-22(41-29(34)36)17-37-25-8-11-40-32-25)13-24(31)26(23)18-6-9-33(10-7-18)27(35)20-15-38-28(39-16-20)19-4-2-1-3-5-19/h1-6,8,11-13,20,22,28H,7,9-10,14-17H2/t20?,22-,28?/m1/s1. The number of rotatable bonds is 7. The first kappa shape index (κ1) is 26.9. The summed E-state index contributed by atoms with van der Waals surface area (Å²) in [6, 6.07) is 13.2. The molecule has 2 fully saturated rings. The van der Waals surface area contributed by atoms with Crippen molar-refractivity contribution in [2.45, 2.75) is 18.8 Å². The highest BCUT2D eigenvalue weighted by Gasteiger charge is 2.35. The molecular formula is C29H27F2N3O7. The van der Waals surface area contributed by atoms with E-state index in [0.717, 1.165) is 22.6 Å². The Labute approximate surface area is 234 Å². The molecule has 1 atom stereocenters. The van der Waals surface area contributed by atoms with Crippen molar-refractivity contribution in [3.8, 4) is 5.88 Å². The molecular weight excluding hydrogens is 540 g/mol. The summed E-state index contributed by atoms with van der Waals surface area (Å²) < 4.78 is 57.3. The van der Waals surface area contributed by atoms with Crippen molar-refractivity contribution >= 4 is 23.3 Å². The maximum absolute atomic E-state index is 15.2. The molecule has 0 saturated carbocycles. The first-order chi connectivity index (χ1) is 20.0. The van der Waals surface area contributed by atoms with E-state index in [1.165, 1.54) is 12.3 Å². The number of amides is 2. The van der Waals surface area contributed by atoms with Crippen molar-refractivity contribution < 1.29 is 41.8 Å². The quantitative estimate of drug-likeness (QED) is 0.416. The van der Waals surface area contributed by atoms with Gasteiger partial charge in [-0.1, -0.05) is 36.4 Å². The summed E-state index contributed by atoms with van der Waals surface area (Å²) in [7, 11) is 0. The van der Waals surface area contributed by atoms with Gasteiger partial charge in [-0.15, -0.1) is 0 Å². The molecule has 0 radical (unpaired) electrons. The molecule has 6 rings (SSSR count). The Bertz CT molecular complexity index is 1400. The number of anilines is 1. The van der Waals surface area contributed by atoms with E-state index in [1.807, 2.05) is 30.3 Å². The van der Waals surface area contributed by atoms with Gasteiger partial charge in [-0.05, 0) is 29.3 Å². The Balaban J connectivity index is 1.06. The first-order valence-corrected chi connectivity index (χ1v) is 13.2. The zero-order chi connectivity index (χ0) is 28.3. The summed E-state index contributed by atoms with van der Waals surface area (Å²) in [6.07, 6.45) is 1.37. The van der Waals surface area contributed by atoms with Crippen LogP contribution in [0.2, 0.25) is 0 Å². The van der Waals surface area contributed by atoms with Gasteiger partial charge in [0.05, 0.1) is 31.4 Å². The third kappa shape index (κ3) is 5.79. The second-order valence-electron chi connectivity index (χ2n) is 9.92. The molecule has 3 aliphatic heterocycles. The normalized spacial score (nSPS) is 22.8. The number of hydrogen-bond acceptors (Lipinski definition) is 8. The van der Waals surface area contributed by atoms with Crippen LogP contribution in [0.5, 0.6) is 5.88 Å². The molecule has 214 valence electrons. The van der Waals surface area contributed by atoms with E-state index in [1.54, 1.807) is 11.0 Å². The van der Waals surface area contributed by atoms with Crippen LogP contribution in [0.15, 0.2) is 65.4 Å². The van der Waals surface area contributed by atoms with Gasteiger partial charge < -0.3 is 28.4 Å². The third-order valence-electron chi connectivity index (χ3n) is 7.20. The van der Waals surface area contributed by atoms with Gasteiger partial charge in [0.2, 0.25) is 5.91 Å². The number of halogens is 2. The van der Waals surface area contributed by atoms with E-state index in [4.69, 9.17) is 18.9 Å². The SMILES string of the molecule is O=C(C1COC(c2ccccc2)OC1)N1CC=C(c2c(F)cc(N3C[C@H](COc4ccon4)OC3=O)cc2F)CC1. The van der Waals surface area contributed by atoms with Crippen LogP contribution in [0.4, 0.5) is 19.3 Å². The molecule has 4 heterocycles. The van der Waals surface area contributed by atoms with Crippen molar-refractivity contribution in [2.24, 2.45) is 5.92 Å². The lowest BCUT2D eigenvalue weighted by atomic mass is 9.97. The lowest BCUT2D eigenvalue weighted by Crippen LogP contribution is -2.44. The Kier molecular flexibility index (Phi) is 7.66. The van der Waals surface area contributed by atoms with Crippen LogP contribution in [0.1, 0.15) is 23.8 Å². The number of carbonyl (C=O) groups is 2. The van der Waals surface area contributed by atoms with Gasteiger partial charge in [0.25, 0.3) is 5.88 Å². The fraction of sp³-hybridized carbons (Fsp3) is 0.345. The molecule has 3 aromatic rings. The highest BCUT2D eigenvalue weighted by molar-refractivity contribution is 5.90. The van der Waals surface area contributed by atoms with Crippen molar-refractivity contribution in [2.75, 3.05) is 44.4 Å². The van der Waals surface area contributed by atoms with Gasteiger partial charge in [0.1, 0.15) is 24.5 Å². The number of carbonyl (C=O) groups excluding carboxylic acids is 2. The van der Waals surface area contributed by atoms with Crippen molar-refractivity contribution in [3.63, 3.8) is 0 Å². The van der Waals surface area contributed by atoms with Gasteiger partial charge in [-0.2, -0.15) is 0 Å². The summed E-state index contributed by atoms with van der Waals surface area (Å²) in [4.78, 5) is 28.2. The van der Waals surface area contributed by atoms with Crippen LogP contribution < -0.4 is 9.64 Å². The molecule has 2 amide bonds. The van der Waals surface area contributed by atoms with E-state index in [0.29, 0.717) is 12.1 Å². The zero-order valence-electron chi connectivity index (χ0n) is 21.9.